The summed E-state index contributed by atoms with van der Waals surface area (Å²) in [6.45, 7) is 7.89. The molecule has 0 aliphatic carbocycles. The molecule has 0 atom stereocenters. The Hall–Kier alpha value is -2.65. The van der Waals surface area contributed by atoms with Crippen LogP contribution in [0.3, 0.4) is 0 Å². The molecule has 1 saturated heterocycles. The van der Waals surface area contributed by atoms with E-state index in [1.807, 2.05) is 24.3 Å². The topological polar surface area (TPSA) is 56.1 Å². The molecule has 3 heterocycles. The van der Waals surface area contributed by atoms with Crippen LogP contribution < -0.4 is 9.80 Å². The fourth-order valence-electron chi connectivity index (χ4n) is 3.21. The fourth-order valence-corrected chi connectivity index (χ4v) is 4.17. The highest BCUT2D eigenvalue weighted by Gasteiger charge is 2.22. The van der Waals surface area contributed by atoms with Gasteiger partial charge in [0.05, 0.1) is 11.2 Å². The Bertz CT molecular complexity index is 944. The summed E-state index contributed by atoms with van der Waals surface area (Å²) in [6.07, 6.45) is 0. The van der Waals surface area contributed by atoms with Gasteiger partial charge in [-0.25, -0.2) is 9.97 Å². The smallest absolute Gasteiger partial charge is 0.185 e. The first-order valence-electron chi connectivity index (χ1n) is 8.39. The number of pyridine rings is 1. The standard InChI is InChI=1S/C19H19N5S/c1-13-14(2)25-19(21-13)24-9-7-23(8-10-24)18-11-15(12-20)22-17-6-4-3-5-16(17)18/h3-6,11H,7-10H2,1-2H3. The second kappa shape index (κ2) is 6.34. The van der Waals surface area contributed by atoms with Crippen molar-refractivity contribution in [2.75, 3.05) is 36.0 Å². The second-order valence-corrected chi connectivity index (χ2v) is 7.45. The lowest BCUT2D eigenvalue weighted by atomic mass is 10.1. The van der Waals surface area contributed by atoms with Crippen LogP contribution in [0.2, 0.25) is 0 Å². The maximum Gasteiger partial charge on any atom is 0.185 e. The largest absolute Gasteiger partial charge is 0.367 e. The van der Waals surface area contributed by atoms with E-state index < -0.39 is 0 Å². The van der Waals surface area contributed by atoms with Crippen LogP contribution in [0.4, 0.5) is 10.8 Å². The van der Waals surface area contributed by atoms with Gasteiger partial charge in [0.15, 0.2) is 5.13 Å². The zero-order valence-corrected chi connectivity index (χ0v) is 15.2. The third kappa shape index (κ3) is 2.92. The molecule has 1 aromatic carbocycles. The highest BCUT2D eigenvalue weighted by atomic mass is 32.1. The molecule has 5 nitrogen and oxygen atoms in total. The van der Waals surface area contributed by atoms with Crippen LogP contribution in [0, 0.1) is 25.2 Å². The summed E-state index contributed by atoms with van der Waals surface area (Å²) in [5.41, 5.74) is 3.59. The van der Waals surface area contributed by atoms with Gasteiger partial charge in [0.2, 0.25) is 0 Å². The van der Waals surface area contributed by atoms with Crippen LogP contribution in [0.25, 0.3) is 10.9 Å². The average molecular weight is 349 g/mol. The lowest BCUT2D eigenvalue weighted by molar-refractivity contribution is 0.653. The lowest BCUT2D eigenvalue weighted by Crippen LogP contribution is -2.46. The van der Waals surface area contributed by atoms with Crippen molar-refractivity contribution in [1.29, 1.82) is 5.26 Å². The molecule has 0 radical (unpaired) electrons. The number of thiazole rings is 1. The minimum atomic E-state index is 0.474. The third-order valence-corrected chi connectivity index (χ3v) is 5.85. The first-order chi connectivity index (χ1) is 12.2. The minimum absolute atomic E-state index is 0.474. The predicted molar refractivity (Wildman–Crippen MR) is 102 cm³/mol. The first-order valence-corrected chi connectivity index (χ1v) is 9.21. The van der Waals surface area contributed by atoms with Crippen LogP contribution >= 0.6 is 11.3 Å². The number of benzene rings is 1. The van der Waals surface area contributed by atoms with E-state index in [1.165, 1.54) is 4.88 Å². The second-order valence-electron chi connectivity index (χ2n) is 6.27. The zero-order valence-electron chi connectivity index (χ0n) is 14.4. The predicted octanol–water partition coefficient (Wildman–Crippen LogP) is 3.51. The van der Waals surface area contributed by atoms with E-state index in [0.717, 1.165) is 53.6 Å². The van der Waals surface area contributed by atoms with Gasteiger partial charge in [0, 0.05) is 42.1 Å². The third-order valence-electron chi connectivity index (χ3n) is 4.72. The first kappa shape index (κ1) is 15.9. The molecule has 1 aliphatic rings. The van der Waals surface area contributed by atoms with Gasteiger partial charge in [-0.05, 0) is 26.0 Å². The van der Waals surface area contributed by atoms with Crippen LogP contribution in [0.15, 0.2) is 30.3 Å². The monoisotopic (exact) mass is 349 g/mol. The number of hydrogen-bond donors (Lipinski definition) is 0. The van der Waals surface area contributed by atoms with E-state index >= 15 is 0 Å². The number of hydrogen-bond acceptors (Lipinski definition) is 6. The van der Waals surface area contributed by atoms with Gasteiger partial charge in [-0.1, -0.05) is 18.2 Å². The van der Waals surface area contributed by atoms with Gasteiger partial charge in [0.25, 0.3) is 0 Å². The summed E-state index contributed by atoms with van der Waals surface area (Å²) < 4.78 is 0. The van der Waals surface area contributed by atoms with Crippen molar-refractivity contribution in [3.05, 3.63) is 46.6 Å². The molecule has 0 saturated carbocycles. The molecule has 1 fully saturated rings. The Morgan fingerprint density at radius 2 is 1.76 bits per heavy atom. The maximum absolute atomic E-state index is 9.29. The van der Waals surface area contributed by atoms with Crippen molar-refractivity contribution < 1.29 is 0 Å². The molecule has 0 amide bonds. The Labute approximate surface area is 151 Å². The molecule has 0 N–H and O–H groups in total. The molecule has 25 heavy (non-hydrogen) atoms. The molecule has 0 bridgehead atoms. The number of rotatable bonds is 2. The summed E-state index contributed by atoms with van der Waals surface area (Å²) in [5, 5.41) is 11.5. The number of nitrogens with zero attached hydrogens (tertiary/aromatic N) is 5. The number of piperazine rings is 1. The molecule has 1 aliphatic heterocycles. The molecule has 3 aromatic rings. The summed E-state index contributed by atoms with van der Waals surface area (Å²) in [6, 6.07) is 12.1. The normalized spacial score (nSPS) is 14.8. The quantitative estimate of drug-likeness (QED) is 0.709. The number of fused-ring (bicyclic) bond motifs is 1. The molecule has 2 aromatic heterocycles. The highest BCUT2D eigenvalue weighted by molar-refractivity contribution is 7.15. The van der Waals surface area contributed by atoms with Gasteiger partial charge in [0.1, 0.15) is 11.8 Å². The van der Waals surface area contributed by atoms with Gasteiger partial charge >= 0.3 is 0 Å². The van der Waals surface area contributed by atoms with Gasteiger partial charge in [-0.2, -0.15) is 5.26 Å². The SMILES string of the molecule is Cc1nc(N2CCN(c3cc(C#N)nc4ccccc34)CC2)sc1C. The van der Waals surface area contributed by atoms with Crippen LogP contribution in [-0.2, 0) is 0 Å². The van der Waals surface area contributed by atoms with E-state index in [-0.39, 0.29) is 0 Å². The van der Waals surface area contributed by atoms with Crippen molar-refractivity contribution >= 4 is 33.1 Å². The van der Waals surface area contributed by atoms with Crippen molar-refractivity contribution in [3.63, 3.8) is 0 Å². The molecular weight excluding hydrogens is 330 g/mol. The molecule has 6 heteroatoms. The number of nitriles is 1. The average Bonchev–Trinajstić information content (AvgIpc) is 2.99. The van der Waals surface area contributed by atoms with Crippen molar-refractivity contribution in [2.45, 2.75) is 13.8 Å². The number of para-hydroxylation sites is 1. The molecule has 126 valence electrons. The van der Waals surface area contributed by atoms with Crippen molar-refractivity contribution in [1.82, 2.24) is 9.97 Å². The number of aryl methyl sites for hydroxylation is 2. The Balaban J connectivity index is 1.60. The Morgan fingerprint density at radius 3 is 2.44 bits per heavy atom. The Kier molecular flexibility index (Phi) is 4.02. The zero-order chi connectivity index (χ0) is 17.4. The van der Waals surface area contributed by atoms with Crippen LogP contribution in [0.1, 0.15) is 16.3 Å². The molecule has 4 rings (SSSR count). The van der Waals surface area contributed by atoms with Crippen molar-refractivity contribution in [2.24, 2.45) is 0 Å². The summed E-state index contributed by atoms with van der Waals surface area (Å²) in [4.78, 5) is 15.1. The van der Waals surface area contributed by atoms with E-state index in [4.69, 9.17) is 0 Å². The van der Waals surface area contributed by atoms with Crippen molar-refractivity contribution in [3.8, 4) is 6.07 Å². The van der Waals surface area contributed by atoms with Crippen LogP contribution in [0.5, 0.6) is 0 Å². The van der Waals surface area contributed by atoms with E-state index in [9.17, 15) is 5.26 Å². The Morgan fingerprint density at radius 1 is 1.04 bits per heavy atom. The number of aromatic nitrogens is 2. The van der Waals surface area contributed by atoms with Crippen LogP contribution in [-0.4, -0.2) is 36.1 Å². The van der Waals surface area contributed by atoms with Gasteiger partial charge < -0.3 is 9.80 Å². The maximum atomic E-state index is 9.29. The molecule has 0 spiro atoms. The molecule has 0 unspecified atom stereocenters. The van der Waals surface area contributed by atoms with E-state index in [2.05, 4.69) is 45.8 Å². The minimum Gasteiger partial charge on any atom is -0.367 e. The fraction of sp³-hybridized carbons (Fsp3) is 0.316. The van der Waals surface area contributed by atoms with E-state index in [0.29, 0.717) is 5.69 Å². The highest BCUT2D eigenvalue weighted by Crippen LogP contribution is 2.30. The summed E-state index contributed by atoms with van der Waals surface area (Å²) >= 11 is 1.77. The lowest BCUT2D eigenvalue weighted by Gasteiger charge is -2.36. The number of anilines is 2. The summed E-state index contributed by atoms with van der Waals surface area (Å²) in [7, 11) is 0. The van der Waals surface area contributed by atoms with E-state index in [1.54, 1.807) is 11.3 Å². The molecular formula is C19H19N5S. The summed E-state index contributed by atoms with van der Waals surface area (Å²) in [5.74, 6) is 0. The van der Waals surface area contributed by atoms with Gasteiger partial charge in [-0.3, -0.25) is 0 Å². The van der Waals surface area contributed by atoms with Gasteiger partial charge in [-0.15, -0.1) is 11.3 Å².